The SMILES string of the molecule is CCCCCCCCCCCCCCCC[N+](C)(C)C.CCCCCCCCCCCCN(C)C.[Br-]. The van der Waals surface area contributed by atoms with Gasteiger partial charge >= 0.3 is 0 Å². The van der Waals surface area contributed by atoms with Gasteiger partial charge in [0, 0.05) is 0 Å². The second kappa shape index (κ2) is 33.4. The third-order valence-corrected chi connectivity index (χ3v) is 7.14. The van der Waals surface area contributed by atoms with Crippen molar-refractivity contribution in [3.05, 3.63) is 0 Å². The van der Waals surface area contributed by atoms with Crippen LogP contribution in [0.4, 0.5) is 0 Å². The lowest BCUT2D eigenvalue weighted by Crippen LogP contribution is -3.00. The molecule has 0 rings (SSSR count). The van der Waals surface area contributed by atoms with E-state index in [1.165, 1.54) is 167 Å². The van der Waals surface area contributed by atoms with Crippen LogP contribution in [0.1, 0.15) is 168 Å². The molecule has 0 aliphatic rings. The second-order valence-electron chi connectivity index (χ2n) is 12.6. The normalized spacial score (nSPS) is 11.3. The fourth-order valence-electron chi connectivity index (χ4n) is 4.70. The zero-order chi connectivity index (χ0) is 26.5. The Hall–Kier alpha value is 0.400. The maximum Gasteiger partial charge on any atom is 0.0780 e. The maximum absolute atomic E-state index is 2.29. The smallest absolute Gasteiger partial charge is 0.0780 e. The zero-order valence-electron chi connectivity index (χ0n) is 26.7. The molecular formula is C33H73BrN2. The van der Waals surface area contributed by atoms with Crippen molar-refractivity contribution >= 4 is 0 Å². The van der Waals surface area contributed by atoms with Crippen LogP contribution in [-0.2, 0) is 0 Å². The van der Waals surface area contributed by atoms with E-state index < -0.39 is 0 Å². The molecule has 0 aromatic carbocycles. The summed E-state index contributed by atoms with van der Waals surface area (Å²) in [5.41, 5.74) is 0. The Morgan fingerprint density at radius 1 is 0.389 bits per heavy atom. The lowest BCUT2D eigenvalue weighted by atomic mass is 10.0. The fourth-order valence-corrected chi connectivity index (χ4v) is 4.70. The summed E-state index contributed by atoms with van der Waals surface area (Å²) >= 11 is 0. The number of nitrogens with zero attached hydrogens (tertiary/aromatic N) is 2. The van der Waals surface area contributed by atoms with E-state index in [9.17, 15) is 0 Å². The Morgan fingerprint density at radius 3 is 0.889 bits per heavy atom. The van der Waals surface area contributed by atoms with Crippen LogP contribution in [-0.4, -0.2) is 57.7 Å². The topological polar surface area (TPSA) is 3.24 Å². The summed E-state index contributed by atoms with van der Waals surface area (Å²) in [5, 5.41) is 0. The van der Waals surface area contributed by atoms with Crippen LogP contribution in [0.25, 0.3) is 0 Å². The van der Waals surface area contributed by atoms with Crippen LogP contribution in [0.3, 0.4) is 0 Å². The molecule has 0 aliphatic carbocycles. The first kappa shape index (κ1) is 40.9. The van der Waals surface area contributed by atoms with Gasteiger partial charge < -0.3 is 26.4 Å². The van der Waals surface area contributed by atoms with E-state index in [4.69, 9.17) is 0 Å². The molecule has 3 heteroatoms. The van der Waals surface area contributed by atoms with Gasteiger partial charge in [0.1, 0.15) is 0 Å². The zero-order valence-corrected chi connectivity index (χ0v) is 28.2. The third-order valence-electron chi connectivity index (χ3n) is 7.14. The van der Waals surface area contributed by atoms with Gasteiger partial charge in [-0.15, -0.1) is 0 Å². The third kappa shape index (κ3) is 44.4. The second-order valence-corrected chi connectivity index (χ2v) is 12.6. The molecule has 222 valence electrons. The van der Waals surface area contributed by atoms with Gasteiger partial charge in [0.2, 0.25) is 0 Å². The van der Waals surface area contributed by atoms with E-state index in [0.29, 0.717) is 0 Å². The summed E-state index contributed by atoms with van der Waals surface area (Å²) in [6, 6.07) is 0. The van der Waals surface area contributed by atoms with Gasteiger partial charge in [-0.3, -0.25) is 0 Å². The molecule has 2 nitrogen and oxygen atoms in total. The van der Waals surface area contributed by atoms with Crippen LogP contribution >= 0.6 is 0 Å². The highest BCUT2D eigenvalue weighted by Gasteiger charge is 2.05. The van der Waals surface area contributed by atoms with Crippen LogP contribution in [0.15, 0.2) is 0 Å². The Labute approximate surface area is 242 Å². The van der Waals surface area contributed by atoms with Gasteiger partial charge in [-0.05, 0) is 39.9 Å². The summed E-state index contributed by atoms with van der Waals surface area (Å²) in [6.45, 7) is 7.17. The molecule has 0 aliphatic heterocycles. The van der Waals surface area contributed by atoms with Gasteiger partial charge in [0.15, 0.2) is 0 Å². The summed E-state index contributed by atoms with van der Waals surface area (Å²) < 4.78 is 1.12. The maximum atomic E-state index is 2.29. The number of hydrogen-bond acceptors (Lipinski definition) is 1. The summed E-state index contributed by atoms with van der Waals surface area (Å²) in [5.74, 6) is 0. The highest BCUT2D eigenvalue weighted by atomic mass is 79.9. The molecule has 0 fully saturated rings. The lowest BCUT2D eigenvalue weighted by Gasteiger charge is -2.23. The minimum Gasteiger partial charge on any atom is -1.00 e. The number of unbranched alkanes of at least 4 members (excludes halogenated alkanes) is 22. The first-order chi connectivity index (χ1) is 16.8. The molecular weight excluding hydrogens is 504 g/mol. The molecule has 0 unspecified atom stereocenters. The highest BCUT2D eigenvalue weighted by molar-refractivity contribution is 4.50. The molecule has 0 N–H and O–H groups in total. The molecule has 0 atom stereocenters. The van der Waals surface area contributed by atoms with Crippen molar-refractivity contribution in [2.75, 3.05) is 48.3 Å². The van der Waals surface area contributed by atoms with Crippen LogP contribution in [0, 0.1) is 0 Å². The van der Waals surface area contributed by atoms with E-state index in [1.807, 2.05) is 0 Å². The minimum atomic E-state index is 0. The van der Waals surface area contributed by atoms with E-state index in [2.05, 4.69) is 54.0 Å². The van der Waals surface area contributed by atoms with Crippen molar-refractivity contribution in [1.29, 1.82) is 0 Å². The number of hydrogen-bond donors (Lipinski definition) is 0. The molecule has 0 amide bonds. The molecule has 0 aromatic heterocycles. The molecule has 0 saturated carbocycles. The molecule has 0 aromatic rings. The number of halogens is 1. The molecule has 0 bridgehead atoms. The van der Waals surface area contributed by atoms with Crippen molar-refractivity contribution < 1.29 is 21.5 Å². The number of quaternary nitrogens is 1. The lowest BCUT2D eigenvalue weighted by molar-refractivity contribution is -0.870. The molecule has 36 heavy (non-hydrogen) atoms. The predicted molar refractivity (Wildman–Crippen MR) is 164 cm³/mol. The largest absolute Gasteiger partial charge is 1.00 e. The van der Waals surface area contributed by atoms with Gasteiger partial charge in [0.05, 0.1) is 27.7 Å². The predicted octanol–water partition coefficient (Wildman–Crippen LogP) is 7.65. The van der Waals surface area contributed by atoms with Gasteiger partial charge in [-0.1, -0.05) is 149 Å². The van der Waals surface area contributed by atoms with Crippen molar-refractivity contribution in [2.24, 2.45) is 0 Å². The summed E-state index contributed by atoms with van der Waals surface area (Å²) in [4.78, 5) is 2.28. The fraction of sp³-hybridized carbons (Fsp3) is 1.00. The van der Waals surface area contributed by atoms with Crippen molar-refractivity contribution in [3.8, 4) is 0 Å². The summed E-state index contributed by atoms with van der Waals surface area (Å²) in [6.07, 6.45) is 34.7. The average Bonchev–Trinajstić information content (AvgIpc) is 2.80. The van der Waals surface area contributed by atoms with Crippen molar-refractivity contribution in [1.82, 2.24) is 4.90 Å². The van der Waals surface area contributed by atoms with E-state index in [1.54, 1.807) is 0 Å². The highest BCUT2D eigenvalue weighted by Crippen LogP contribution is 2.13. The Balaban J connectivity index is -0.000000612. The average molecular weight is 578 g/mol. The monoisotopic (exact) mass is 576 g/mol. The van der Waals surface area contributed by atoms with E-state index >= 15 is 0 Å². The Kier molecular flexibility index (Phi) is 38.0. The van der Waals surface area contributed by atoms with Crippen LogP contribution in [0.5, 0.6) is 0 Å². The van der Waals surface area contributed by atoms with Crippen molar-refractivity contribution in [3.63, 3.8) is 0 Å². The van der Waals surface area contributed by atoms with Gasteiger partial charge in [-0.25, -0.2) is 0 Å². The Bertz CT molecular complexity index is 365. The Morgan fingerprint density at radius 2 is 0.639 bits per heavy atom. The molecule has 0 radical (unpaired) electrons. The minimum absolute atomic E-state index is 0. The standard InChI is InChI=1S/C19H42N.C14H31N.BrH/c1-5-6-7-8-9-10-11-12-13-14-15-16-17-18-19-20(2,3)4;1-4-5-6-7-8-9-10-11-12-13-14-15(2)3;/h5-19H2,1-4H3;4-14H2,1-3H3;1H/q+1;;/p-1. The van der Waals surface area contributed by atoms with E-state index in [0.717, 1.165) is 4.48 Å². The first-order valence-electron chi connectivity index (χ1n) is 16.3. The first-order valence-corrected chi connectivity index (χ1v) is 16.3. The summed E-state index contributed by atoms with van der Waals surface area (Å²) in [7, 11) is 11.2. The number of rotatable bonds is 26. The molecule has 0 heterocycles. The molecule has 0 spiro atoms. The quantitative estimate of drug-likeness (QED) is 0.0754. The molecule has 0 saturated heterocycles. The van der Waals surface area contributed by atoms with Gasteiger partial charge in [-0.2, -0.15) is 0 Å². The van der Waals surface area contributed by atoms with Crippen LogP contribution in [0.2, 0.25) is 0 Å². The van der Waals surface area contributed by atoms with Gasteiger partial charge in [0.25, 0.3) is 0 Å². The van der Waals surface area contributed by atoms with Crippen LogP contribution < -0.4 is 17.0 Å². The van der Waals surface area contributed by atoms with E-state index in [-0.39, 0.29) is 17.0 Å². The van der Waals surface area contributed by atoms with Crippen molar-refractivity contribution in [2.45, 2.75) is 168 Å².